The van der Waals surface area contributed by atoms with Crippen molar-refractivity contribution in [3.05, 3.63) is 0 Å². The van der Waals surface area contributed by atoms with E-state index < -0.39 is 0 Å². The Bertz CT molecular complexity index is 133. The van der Waals surface area contributed by atoms with Crippen LogP contribution in [0.2, 0.25) is 0 Å². The van der Waals surface area contributed by atoms with Gasteiger partial charge in [-0.15, -0.1) is 12.3 Å². The maximum atomic E-state index is 5.16. The molecule has 0 saturated carbocycles. The lowest BCUT2D eigenvalue weighted by Gasteiger charge is -2.30. The van der Waals surface area contributed by atoms with Gasteiger partial charge in [-0.2, -0.15) is 0 Å². The minimum absolute atomic E-state index is 0.470. The van der Waals surface area contributed by atoms with Crippen molar-refractivity contribution >= 4 is 0 Å². The van der Waals surface area contributed by atoms with Crippen molar-refractivity contribution < 1.29 is 0 Å². The second kappa shape index (κ2) is 3.60. The third-order valence-electron chi connectivity index (χ3n) is 1.73. The third-order valence-corrected chi connectivity index (χ3v) is 1.73. The predicted octanol–water partition coefficient (Wildman–Crippen LogP) is -0.0404. The zero-order chi connectivity index (χ0) is 7.40. The standard InChI is InChI=1S/C8H14N2/c1-3-4-7(2)10-8-5-9-6-8/h1,7-10H,4-6H2,2H3. The number of nitrogens with one attached hydrogen (secondary N) is 2. The van der Waals surface area contributed by atoms with Crippen LogP contribution < -0.4 is 10.6 Å². The highest BCUT2D eigenvalue weighted by Gasteiger charge is 2.17. The molecule has 0 spiro atoms. The molecule has 0 radical (unpaired) electrons. The van der Waals surface area contributed by atoms with Crippen LogP contribution in [0.4, 0.5) is 0 Å². The van der Waals surface area contributed by atoms with Crippen LogP contribution >= 0.6 is 0 Å². The first-order valence-electron chi connectivity index (χ1n) is 3.73. The fourth-order valence-corrected chi connectivity index (χ4v) is 1.04. The van der Waals surface area contributed by atoms with Crippen LogP contribution in [0.5, 0.6) is 0 Å². The third kappa shape index (κ3) is 2.02. The summed E-state index contributed by atoms with van der Waals surface area (Å²) in [4.78, 5) is 0. The quantitative estimate of drug-likeness (QED) is 0.535. The molecule has 1 aliphatic rings. The first kappa shape index (κ1) is 7.59. The van der Waals surface area contributed by atoms with Gasteiger partial charge in [0, 0.05) is 31.6 Å². The fourth-order valence-electron chi connectivity index (χ4n) is 1.04. The zero-order valence-corrected chi connectivity index (χ0v) is 6.35. The second-order valence-electron chi connectivity index (χ2n) is 2.83. The van der Waals surface area contributed by atoms with Crippen LogP contribution in [0.1, 0.15) is 13.3 Å². The smallest absolute Gasteiger partial charge is 0.0320 e. The number of terminal acetylenes is 1. The Morgan fingerprint density at radius 3 is 2.90 bits per heavy atom. The van der Waals surface area contributed by atoms with E-state index in [1.807, 2.05) is 0 Å². The molecule has 2 heteroatoms. The molecular weight excluding hydrogens is 124 g/mol. The molecule has 1 fully saturated rings. The van der Waals surface area contributed by atoms with Crippen molar-refractivity contribution in [2.24, 2.45) is 0 Å². The SMILES string of the molecule is C#CCC(C)NC1CNC1. The largest absolute Gasteiger partial charge is 0.314 e. The topological polar surface area (TPSA) is 24.1 Å². The van der Waals surface area contributed by atoms with Crippen LogP contribution in [0.3, 0.4) is 0 Å². The molecule has 2 N–H and O–H groups in total. The molecule has 0 amide bonds. The molecule has 10 heavy (non-hydrogen) atoms. The van der Waals surface area contributed by atoms with Gasteiger partial charge in [0.25, 0.3) is 0 Å². The van der Waals surface area contributed by atoms with Gasteiger partial charge < -0.3 is 10.6 Å². The summed E-state index contributed by atoms with van der Waals surface area (Å²) in [5.74, 6) is 2.64. The van der Waals surface area contributed by atoms with Crippen molar-refractivity contribution in [2.75, 3.05) is 13.1 Å². The molecule has 0 aromatic rings. The van der Waals surface area contributed by atoms with Gasteiger partial charge in [-0.25, -0.2) is 0 Å². The minimum atomic E-state index is 0.470. The van der Waals surface area contributed by atoms with Crippen LogP contribution in [-0.4, -0.2) is 25.2 Å². The summed E-state index contributed by atoms with van der Waals surface area (Å²) in [5.41, 5.74) is 0. The first-order valence-corrected chi connectivity index (χ1v) is 3.73. The highest BCUT2D eigenvalue weighted by molar-refractivity contribution is 4.91. The van der Waals surface area contributed by atoms with Crippen molar-refractivity contribution in [1.29, 1.82) is 0 Å². The van der Waals surface area contributed by atoms with Gasteiger partial charge in [-0.05, 0) is 6.92 Å². The molecule has 56 valence electrons. The molecule has 1 aliphatic heterocycles. The lowest BCUT2D eigenvalue weighted by atomic mass is 10.1. The minimum Gasteiger partial charge on any atom is -0.314 e. The summed E-state index contributed by atoms with van der Waals surface area (Å²) in [6, 6.07) is 1.13. The Kier molecular flexibility index (Phi) is 2.73. The molecule has 1 saturated heterocycles. The fraction of sp³-hybridized carbons (Fsp3) is 0.750. The molecule has 0 aliphatic carbocycles. The van der Waals surface area contributed by atoms with E-state index in [-0.39, 0.29) is 0 Å². The highest BCUT2D eigenvalue weighted by Crippen LogP contribution is 1.95. The van der Waals surface area contributed by atoms with Gasteiger partial charge in [0.2, 0.25) is 0 Å². The average Bonchev–Trinajstić information content (AvgIpc) is 1.80. The van der Waals surface area contributed by atoms with Crippen LogP contribution in [0, 0.1) is 12.3 Å². The molecule has 1 rings (SSSR count). The molecule has 1 atom stereocenters. The first-order chi connectivity index (χ1) is 4.83. The van der Waals surface area contributed by atoms with Gasteiger partial charge in [0.05, 0.1) is 0 Å². The highest BCUT2D eigenvalue weighted by atomic mass is 15.1. The van der Waals surface area contributed by atoms with Crippen LogP contribution in [-0.2, 0) is 0 Å². The summed E-state index contributed by atoms with van der Waals surface area (Å²) >= 11 is 0. The molecule has 0 aromatic heterocycles. The maximum absolute atomic E-state index is 5.16. The van der Waals surface area contributed by atoms with E-state index in [0.29, 0.717) is 12.1 Å². The molecular formula is C8H14N2. The van der Waals surface area contributed by atoms with Crippen molar-refractivity contribution in [2.45, 2.75) is 25.4 Å². The van der Waals surface area contributed by atoms with Gasteiger partial charge >= 0.3 is 0 Å². The summed E-state index contributed by atoms with van der Waals surface area (Å²) < 4.78 is 0. The predicted molar refractivity (Wildman–Crippen MR) is 42.7 cm³/mol. The summed E-state index contributed by atoms with van der Waals surface area (Å²) in [6.07, 6.45) is 5.99. The average molecular weight is 138 g/mol. The van der Waals surface area contributed by atoms with E-state index in [1.54, 1.807) is 0 Å². The van der Waals surface area contributed by atoms with Crippen molar-refractivity contribution in [3.63, 3.8) is 0 Å². The van der Waals surface area contributed by atoms with E-state index in [0.717, 1.165) is 19.5 Å². The van der Waals surface area contributed by atoms with Crippen LogP contribution in [0.15, 0.2) is 0 Å². The molecule has 1 unspecified atom stereocenters. The monoisotopic (exact) mass is 138 g/mol. The van der Waals surface area contributed by atoms with Crippen molar-refractivity contribution in [1.82, 2.24) is 10.6 Å². The molecule has 1 heterocycles. The lowest BCUT2D eigenvalue weighted by molar-refractivity contribution is 0.337. The van der Waals surface area contributed by atoms with Gasteiger partial charge in [0.1, 0.15) is 0 Å². The number of rotatable bonds is 3. The summed E-state index contributed by atoms with van der Waals surface area (Å²) in [7, 11) is 0. The Balaban J connectivity index is 2.06. The lowest BCUT2D eigenvalue weighted by Crippen LogP contribution is -2.57. The van der Waals surface area contributed by atoms with E-state index in [2.05, 4.69) is 23.5 Å². The van der Waals surface area contributed by atoms with E-state index in [1.165, 1.54) is 0 Å². The Labute approximate surface area is 62.4 Å². The number of hydrogen-bond acceptors (Lipinski definition) is 2. The summed E-state index contributed by atoms with van der Waals surface area (Å²) in [6.45, 7) is 4.31. The van der Waals surface area contributed by atoms with Crippen LogP contribution in [0.25, 0.3) is 0 Å². The Morgan fingerprint density at radius 2 is 2.50 bits per heavy atom. The van der Waals surface area contributed by atoms with Gasteiger partial charge in [-0.1, -0.05) is 0 Å². The number of hydrogen-bond donors (Lipinski definition) is 2. The second-order valence-corrected chi connectivity index (χ2v) is 2.83. The van der Waals surface area contributed by atoms with Gasteiger partial charge in [-0.3, -0.25) is 0 Å². The van der Waals surface area contributed by atoms with E-state index in [9.17, 15) is 0 Å². The Morgan fingerprint density at radius 1 is 1.80 bits per heavy atom. The van der Waals surface area contributed by atoms with Gasteiger partial charge in [0.15, 0.2) is 0 Å². The molecule has 0 aromatic carbocycles. The van der Waals surface area contributed by atoms with E-state index in [4.69, 9.17) is 6.42 Å². The molecule has 0 bridgehead atoms. The Hall–Kier alpha value is -0.520. The van der Waals surface area contributed by atoms with E-state index >= 15 is 0 Å². The molecule has 2 nitrogen and oxygen atoms in total. The maximum Gasteiger partial charge on any atom is 0.0320 e. The van der Waals surface area contributed by atoms with Crippen molar-refractivity contribution in [3.8, 4) is 12.3 Å². The normalized spacial score (nSPS) is 21.2. The zero-order valence-electron chi connectivity index (χ0n) is 6.35. The summed E-state index contributed by atoms with van der Waals surface area (Å²) in [5, 5.41) is 6.61.